The van der Waals surface area contributed by atoms with Crippen molar-refractivity contribution in [2.24, 2.45) is 5.92 Å². The molecule has 1 fully saturated rings. The van der Waals surface area contributed by atoms with Gasteiger partial charge in [0.15, 0.2) is 0 Å². The van der Waals surface area contributed by atoms with Crippen LogP contribution in [0.1, 0.15) is 39.0 Å². The first-order valence-corrected chi connectivity index (χ1v) is 8.00. The van der Waals surface area contributed by atoms with Gasteiger partial charge in [0.2, 0.25) is 0 Å². The number of nitrogens with one attached hydrogen (secondary N) is 1. The fraction of sp³-hybridized carbons (Fsp3) is 0.647. The Hall–Kier alpha value is -1.09. The Kier molecular flexibility index (Phi) is 6.31. The summed E-state index contributed by atoms with van der Waals surface area (Å²) < 4.78 is 13.5. The first-order valence-electron chi connectivity index (χ1n) is 8.00. The highest BCUT2D eigenvalue weighted by Crippen LogP contribution is 2.21. The van der Waals surface area contributed by atoms with Gasteiger partial charge >= 0.3 is 0 Å². The maximum Gasteiger partial charge on any atom is 0.146 e. The molecule has 0 radical (unpaired) electrons. The maximum atomic E-state index is 13.5. The molecule has 112 valence electrons. The Morgan fingerprint density at radius 2 is 2.10 bits per heavy atom. The zero-order valence-corrected chi connectivity index (χ0v) is 12.6. The van der Waals surface area contributed by atoms with Crippen LogP contribution in [0.2, 0.25) is 0 Å². The van der Waals surface area contributed by atoms with Gasteiger partial charge in [-0.15, -0.1) is 0 Å². The second kappa shape index (κ2) is 8.25. The molecule has 1 aromatic rings. The summed E-state index contributed by atoms with van der Waals surface area (Å²) >= 11 is 0. The van der Waals surface area contributed by atoms with E-state index in [4.69, 9.17) is 0 Å². The standard InChI is InChI=1S/C17H27FN2/c1-2-6-15-7-5-12-20(13-10-15)14-11-19-17-9-4-3-8-16(17)18/h3-4,8-9,15,19H,2,5-7,10-14H2,1H3. The lowest BCUT2D eigenvalue weighted by Gasteiger charge is -2.20. The molecule has 0 saturated carbocycles. The maximum absolute atomic E-state index is 13.5. The summed E-state index contributed by atoms with van der Waals surface area (Å²) in [7, 11) is 0. The van der Waals surface area contributed by atoms with Crippen LogP contribution in [0.4, 0.5) is 10.1 Å². The van der Waals surface area contributed by atoms with Crippen LogP contribution in [0.5, 0.6) is 0 Å². The van der Waals surface area contributed by atoms with Gasteiger partial charge in [0.05, 0.1) is 5.69 Å². The van der Waals surface area contributed by atoms with Crippen LogP contribution in [-0.2, 0) is 0 Å². The average Bonchev–Trinajstić information content (AvgIpc) is 2.67. The first-order chi connectivity index (χ1) is 9.79. The predicted molar refractivity (Wildman–Crippen MR) is 83.6 cm³/mol. The van der Waals surface area contributed by atoms with Crippen molar-refractivity contribution in [2.45, 2.75) is 39.0 Å². The van der Waals surface area contributed by atoms with Crippen LogP contribution in [0.3, 0.4) is 0 Å². The molecule has 1 unspecified atom stereocenters. The summed E-state index contributed by atoms with van der Waals surface area (Å²) in [5, 5.41) is 3.20. The van der Waals surface area contributed by atoms with E-state index < -0.39 is 0 Å². The van der Waals surface area contributed by atoms with Crippen molar-refractivity contribution in [2.75, 3.05) is 31.5 Å². The van der Waals surface area contributed by atoms with E-state index in [0.717, 1.165) is 19.0 Å². The van der Waals surface area contributed by atoms with Crippen LogP contribution < -0.4 is 5.32 Å². The molecule has 1 heterocycles. The van der Waals surface area contributed by atoms with Gasteiger partial charge in [0, 0.05) is 13.1 Å². The Balaban J connectivity index is 1.70. The van der Waals surface area contributed by atoms with Crippen molar-refractivity contribution in [3.05, 3.63) is 30.1 Å². The molecule has 1 atom stereocenters. The molecule has 1 aromatic carbocycles. The Morgan fingerprint density at radius 1 is 1.25 bits per heavy atom. The van der Waals surface area contributed by atoms with Crippen LogP contribution in [0, 0.1) is 11.7 Å². The second-order valence-electron chi connectivity index (χ2n) is 5.83. The quantitative estimate of drug-likeness (QED) is 0.841. The summed E-state index contributed by atoms with van der Waals surface area (Å²) in [5.41, 5.74) is 0.617. The van der Waals surface area contributed by atoms with E-state index in [9.17, 15) is 4.39 Å². The van der Waals surface area contributed by atoms with E-state index in [1.54, 1.807) is 12.1 Å². The van der Waals surface area contributed by atoms with E-state index in [1.165, 1.54) is 51.3 Å². The molecule has 0 aliphatic carbocycles. The lowest BCUT2D eigenvalue weighted by Crippen LogP contribution is -2.30. The van der Waals surface area contributed by atoms with Gasteiger partial charge in [-0.1, -0.05) is 31.9 Å². The number of anilines is 1. The molecule has 0 amide bonds. The Labute approximate surface area is 122 Å². The molecule has 1 aliphatic rings. The Morgan fingerprint density at radius 3 is 2.90 bits per heavy atom. The lowest BCUT2D eigenvalue weighted by atomic mass is 9.96. The molecule has 2 rings (SSSR count). The normalized spacial score (nSPS) is 20.6. The van der Waals surface area contributed by atoms with Gasteiger partial charge in [0.1, 0.15) is 5.82 Å². The highest BCUT2D eigenvalue weighted by molar-refractivity contribution is 5.44. The molecule has 1 N–H and O–H groups in total. The van der Waals surface area contributed by atoms with Gasteiger partial charge in [0.25, 0.3) is 0 Å². The number of hydrogen-bond donors (Lipinski definition) is 1. The third kappa shape index (κ3) is 4.78. The van der Waals surface area contributed by atoms with Gasteiger partial charge in [-0.25, -0.2) is 4.39 Å². The number of nitrogens with zero attached hydrogens (tertiary/aromatic N) is 1. The minimum atomic E-state index is -0.161. The fourth-order valence-electron chi connectivity index (χ4n) is 3.10. The summed E-state index contributed by atoms with van der Waals surface area (Å²) in [5.74, 6) is 0.760. The van der Waals surface area contributed by atoms with Crippen molar-refractivity contribution in [3.63, 3.8) is 0 Å². The van der Waals surface area contributed by atoms with Crippen LogP contribution in [-0.4, -0.2) is 31.1 Å². The molecule has 0 aromatic heterocycles. The smallest absolute Gasteiger partial charge is 0.146 e. The zero-order chi connectivity index (χ0) is 14.2. The van der Waals surface area contributed by atoms with E-state index in [2.05, 4.69) is 17.1 Å². The van der Waals surface area contributed by atoms with Crippen molar-refractivity contribution < 1.29 is 4.39 Å². The van der Waals surface area contributed by atoms with E-state index in [-0.39, 0.29) is 5.82 Å². The van der Waals surface area contributed by atoms with Gasteiger partial charge < -0.3 is 10.2 Å². The van der Waals surface area contributed by atoms with Gasteiger partial charge in [-0.3, -0.25) is 0 Å². The Bertz CT molecular complexity index is 394. The van der Waals surface area contributed by atoms with Gasteiger partial charge in [-0.05, 0) is 50.4 Å². The molecule has 0 bridgehead atoms. The van der Waals surface area contributed by atoms with E-state index >= 15 is 0 Å². The highest BCUT2D eigenvalue weighted by Gasteiger charge is 2.15. The number of benzene rings is 1. The molecule has 3 heteroatoms. The van der Waals surface area contributed by atoms with Crippen LogP contribution >= 0.6 is 0 Å². The molecular weight excluding hydrogens is 251 g/mol. The molecule has 2 nitrogen and oxygen atoms in total. The van der Waals surface area contributed by atoms with Crippen LogP contribution in [0.15, 0.2) is 24.3 Å². The van der Waals surface area contributed by atoms with Crippen molar-refractivity contribution >= 4 is 5.69 Å². The minimum absolute atomic E-state index is 0.161. The number of para-hydroxylation sites is 1. The molecule has 20 heavy (non-hydrogen) atoms. The largest absolute Gasteiger partial charge is 0.381 e. The molecule has 1 aliphatic heterocycles. The van der Waals surface area contributed by atoms with Crippen LogP contribution in [0.25, 0.3) is 0 Å². The fourth-order valence-corrected chi connectivity index (χ4v) is 3.10. The lowest BCUT2D eigenvalue weighted by molar-refractivity contribution is 0.289. The summed E-state index contributed by atoms with van der Waals surface area (Å²) in [6.07, 6.45) is 6.70. The summed E-state index contributed by atoms with van der Waals surface area (Å²) in [4.78, 5) is 2.52. The number of rotatable bonds is 6. The third-order valence-corrected chi connectivity index (χ3v) is 4.25. The predicted octanol–water partition coefficient (Wildman–Crippen LogP) is 4.14. The summed E-state index contributed by atoms with van der Waals surface area (Å²) in [6, 6.07) is 6.90. The van der Waals surface area contributed by atoms with E-state index in [1.807, 2.05) is 6.07 Å². The number of hydrogen-bond acceptors (Lipinski definition) is 2. The highest BCUT2D eigenvalue weighted by atomic mass is 19.1. The molecular formula is C17H27FN2. The average molecular weight is 278 g/mol. The molecule has 1 saturated heterocycles. The number of halogens is 1. The first kappa shape index (κ1) is 15.3. The molecule has 0 spiro atoms. The van der Waals surface area contributed by atoms with Crippen molar-refractivity contribution in [1.29, 1.82) is 0 Å². The zero-order valence-electron chi connectivity index (χ0n) is 12.6. The van der Waals surface area contributed by atoms with Gasteiger partial charge in [-0.2, -0.15) is 0 Å². The van der Waals surface area contributed by atoms with Crippen molar-refractivity contribution in [1.82, 2.24) is 4.90 Å². The number of likely N-dealkylation sites (tertiary alicyclic amines) is 1. The topological polar surface area (TPSA) is 15.3 Å². The minimum Gasteiger partial charge on any atom is -0.381 e. The van der Waals surface area contributed by atoms with E-state index in [0.29, 0.717) is 5.69 Å². The van der Waals surface area contributed by atoms with Crippen molar-refractivity contribution in [3.8, 4) is 0 Å². The monoisotopic (exact) mass is 278 g/mol. The second-order valence-corrected chi connectivity index (χ2v) is 5.83. The summed E-state index contributed by atoms with van der Waals surface area (Å²) in [6.45, 7) is 6.50. The SMILES string of the molecule is CCCC1CCCN(CCNc2ccccc2F)CC1. The third-order valence-electron chi connectivity index (χ3n) is 4.25.